The number of benzene rings is 1. The van der Waals surface area contributed by atoms with E-state index < -0.39 is 0 Å². The molecule has 0 bridgehead atoms. The van der Waals surface area contributed by atoms with Crippen molar-refractivity contribution in [2.24, 2.45) is 4.99 Å². The second kappa shape index (κ2) is 8.04. The van der Waals surface area contributed by atoms with Gasteiger partial charge in [0, 0.05) is 18.3 Å². The van der Waals surface area contributed by atoms with E-state index in [-0.39, 0.29) is 24.2 Å². The summed E-state index contributed by atoms with van der Waals surface area (Å²) in [6.45, 7) is 6.74. The highest BCUT2D eigenvalue weighted by Crippen LogP contribution is 2.13. The van der Waals surface area contributed by atoms with E-state index in [9.17, 15) is 4.79 Å². The molecule has 0 heterocycles. The van der Waals surface area contributed by atoms with Crippen molar-refractivity contribution in [3.63, 3.8) is 0 Å². The van der Waals surface area contributed by atoms with Gasteiger partial charge in [0.2, 0.25) is 5.91 Å². The molecule has 0 unspecified atom stereocenters. The molecule has 6 heteroatoms. The molecular formula is C14H22N4O2. The molecule has 1 aromatic rings. The average Bonchev–Trinajstić information content (AvgIpc) is 2.38. The van der Waals surface area contributed by atoms with Gasteiger partial charge in [-0.2, -0.15) is 0 Å². The molecule has 0 fully saturated rings. The molecule has 20 heavy (non-hydrogen) atoms. The third-order valence-corrected chi connectivity index (χ3v) is 2.30. The number of aromatic hydroxyl groups is 1. The molecular weight excluding hydrogens is 256 g/mol. The van der Waals surface area contributed by atoms with Crippen LogP contribution in [0.15, 0.2) is 29.3 Å². The molecule has 110 valence electrons. The number of carbonyl (C=O) groups excluding carboxylic acids is 1. The zero-order chi connectivity index (χ0) is 15.0. The Labute approximate surface area is 119 Å². The number of phenols is 1. The van der Waals surface area contributed by atoms with Crippen LogP contribution in [-0.4, -0.2) is 36.1 Å². The third-order valence-electron chi connectivity index (χ3n) is 2.30. The summed E-state index contributed by atoms with van der Waals surface area (Å²) < 4.78 is 0. The summed E-state index contributed by atoms with van der Waals surface area (Å²) >= 11 is 0. The van der Waals surface area contributed by atoms with E-state index in [0.717, 1.165) is 6.54 Å². The van der Waals surface area contributed by atoms with E-state index in [0.29, 0.717) is 11.6 Å². The molecule has 0 aliphatic carbocycles. The van der Waals surface area contributed by atoms with Gasteiger partial charge in [-0.3, -0.25) is 4.79 Å². The van der Waals surface area contributed by atoms with Crippen LogP contribution in [0.1, 0.15) is 20.8 Å². The van der Waals surface area contributed by atoms with Crippen molar-refractivity contribution in [2.75, 3.05) is 18.4 Å². The quantitative estimate of drug-likeness (QED) is 0.371. The van der Waals surface area contributed by atoms with Crippen LogP contribution in [-0.2, 0) is 4.79 Å². The van der Waals surface area contributed by atoms with E-state index in [2.05, 4.69) is 20.9 Å². The van der Waals surface area contributed by atoms with Gasteiger partial charge >= 0.3 is 0 Å². The van der Waals surface area contributed by atoms with Gasteiger partial charge in [-0.1, -0.05) is 0 Å². The summed E-state index contributed by atoms with van der Waals surface area (Å²) in [7, 11) is 0. The number of hydrogen-bond acceptors (Lipinski definition) is 3. The Morgan fingerprint density at radius 1 is 1.30 bits per heavy atom. The molecule has 1 rings (SSSR count). The number of carbonyl (C=O) groups is 1. The second-order valence-corrected chi connectivity index (χ2v) is 4.59. The number of phenolic OH excluding ortho intramolecular Hbond substituents is 1. The number of nitrogens with one attached hydrogen (secondary N) is 3. The fourth-order valence-electron chi connectivity index (χ4n) is 1.49. The number of amides is 1. The number of guanidine groups is 1. The fraction of sp³-hybridized carbons (Fsp3) is 0.429. The highest BCUT2D eigenvalue weighted by Gasteiger charge is 2.04. The fourth-order valence-corrected chi connectivity index (χ4v) is 1.49. The molecule has 0 spiro atoms. The van der Waals surface area contributed by atoms with Crippen molar-refractivity contribution in [1.29, 1.82) is 0 Å². The molecule has 0 saturated carbocycles. The van der Waals surface area contributed by atoms with Crippen molar-refractivity contribution in [2.45, 2.75) is 26.8 Å². The van der Waals surface area contributed by atoms with Gasteiger partial charge in [-0.05, 0) is 45.0 Å². The molecule has 0 atom stereocenters. The summed E-state index contributed by atoms with van der Waals surface area (Å²) in [5.41, 5.74) is 0.629. The normalized spacial score (nSPS) is 11.3. The van der Waals surface area contributed by atoms with Gasteiger partial charge in [-0.15, -0.1) is 0 Å². The van der Waals surface area contributed by atoms with Crippen molar-refractivity contribution < 1.29 is 9.90 Å². The zero-order valence-electron chi connectivity index (χ0n) is 12.1. The molecule has 1 amide bonds. The van der Waals surface area contributed by atoms with Gasteiger partial charge in [0.1, 0.15) is 12.3 Å². The van der Waals surface area contributed by atoms with Gasteiger partial charge in [0.25, 0.3) is 0 Å². The number of anilines is 1. The predicted octanol–water partition coefficient (Wildman–Crippen LogP) is 1.29. The second-order valence-electron chi connectivity index (χ2n) is 4.59. The van der Waals surface area contributed by atoms with Crippen LogP contribution in [0, 0.1) is 0 Å². The third kappa shape index (κ3) is 6.08. The molecule has 0 aromatic heterocycles. The summed E-state index contributed by atoms with van der Waals surface area (Å²) in [5.74, 6) is 0.566. The Morgan fingerprint density at radius 2 is 1.95 bits per heavy atom. The molecule has 0 saturated heterocycles. The molecule has 6 nitrogen and oxygen atoms in total. The summed E-state index contributed by atoms with van der Waals surface area (Å²) in [6.07, 6.45) is 0. The Hall–Kier alpha value is -2.24. The predicted molar refractivity (Wildman–Crippen MR) is 81.0 cm³/mol. The highest BCUT2D eigenvalue weighted by molar-refractivity contribution is 5.94. The number of aliphatic imine (C=N–C) groups is 1. The van der Waals surface area contributed by atoms with E-state index >= 15 is 0 Å². The van der Waals surface area contributed by atoms with Gasteiger partial charge in [-0.25, -0.2) is 4.99 Å². The minimum Gasteiger partial charge on any atom is -0.508 e. The molecule has 0 radical (unpaired) electrons. The number of rotatable bonds is 5. The van der Waals surface area contributed by atoms with E-state index in [4.69, 9.17) is 5.11 Å². The Balaban J connectivity index is 2.53. The molecule has 0 aliphatic rings. The lowest BCUT2D eigenvalue weighted by atomic mass is 10.3. The SMILES string of the molecule is CCNC(=NCC(=O)Nc1ccc(O)cc1)NC(C)C. The monoisotopic (exact) mass is 278 g/mol. The maximum Gasteiger partial charge on any atom is 0.246 e. The van der Waals surface area contributed by atoms with Crippen LogP contribution >= 0.6 is 0 Å². The first-order valence-corrected chi connectivity index (χ1v) is 6.65. The van der Waals surface area contributed by atoms with Crippen LogP contribution in [0.5, 0.6) is 5.75 Å². The first-order valence-electron chi connectivity index (χ1n) is 6.65. The smallest absolute Gasteiger partial charge is 0.246 e. The number of nitrogens with zero attached hydrogens (tertiary/aromatic N) is 1. The van der Waals surface area contributed by atoms with E-state index in [1.54, 1.807) is 12.1 Å². The lowest BCUT2D eigenvalue weighted by molar-refractivity contribution is -0.114. The van der Waals surface area contributed by atoms with Gasteiger partial charge in [0.05, 0.1) is 0 Å². The van der Waals surface area contributed by atoms with E-state index in [1.807, 2.05) is 20.8 Å². The Kier molecular flexibility index (Phi) is 6.36. The lowest BCUT2D eigenvalue weighted by Crippen LogP contribution is -2.41. The minimum atomic E-state index is -0.211. The van der Waals surface area contributed by atoms with E-state index in [1.165, 1.54) is 12.1 Å². The first kappa shape index (κ1) is 15.8. The Morgan fingerprint density at radius 3 is 2.50 bits per heavy atom. The molecule has 4 N–H and O–H groups in total. The van der Waals surface area contributed by atoms with Crippen molar-refractivity contribution >= 4 is 17.6 Å². The van der Waals surface area contributed by atoms with Crippen LogP contribution in [0.4, 0.5) is 5.69 Å². The molecule has 0 aliphatic heterocycles. The van der Waals surface area contributed by atoms with Crippen LogP contribution < -0.4 is 16.0 Å². The van der Waals surface area contributed by atoms with Crippen LogP contribution in [0.2, 0.25) is 0 Å². The first-order chi connectivity index (χ1) is 9.51. The topological polar surface area (TPSA) is 85.8 Å². The van der Waals surface area contributed by atoms with Gasteiger partial charge in [0.15, 0.2) is 5.96 Å². The summed E-state index contributed by atoms with van der Waals surface area (Å²) in [5, 5.41) is 18.1. The van der Waals surface area contributed by atoms with Crippen molar-refractivity contribution in [3.8, 4) is 5.75 Å². The summed E-state index contributed by atoms with van der Waals surface area (Å²) in [6, 6.07) is 6.54. The summed E-state index contributed by atoms with van der Waals surface area (Å²) in [4.78, 5) is 16.0. The van der Waals surface area contributed by atoms with Gasteiger partial charge < -0.3 is 21.1 Å². The highest BCUT2D eigenvalue weighted by atomic mass is 16.3. The maximum atomic E-state index is 11.8. The zero-order valence-corrected chi connectivity index (χ0v) is 12.1. The lowest BCUT2D eigenvalue weighted by Gasteiger charge is -2.13. The van der Waals surface area contributed by atoms with Crippen molar-refractivity contribution in [3.05, 3.63) is 24.3 Å². The number of hydrogen-bond donors (Lipinski definition) is 4. The van der Waals surface area contributed by atoms with Crippen molar-refractivity contribution in [1.82, 2.24) is 10.6 Å². The standard InChI is InChI=1S/C14H22N4O2/c1-4-15-14(17-10(2)3)16-9-13(20)18-11-5-7-12(19)8-6-11/h5-8,10,19H,4,9H2,1-3H3,(H,18,20)(H2,15,16,17). The minimum absolute atomic E-state index is 0.0307. The van der Waals surface area contributed by atoms with Crippen LogP contribution in [0.25, 0.3) is 0 Å². The molecule has 1 aromatic carbocycles. The average molecular weight is 278 g/mol. The maximum absolute atomic E-state index is 11.8. The van der Waals surface area contributed by atoms with Crippen LogP contribution in [0.3, 0.4) is 0 Å². The Bertz CT molecular complexity index is 455. The largest absolute Gasteiger partial charge is 0.508 e.